The molecule has 0 saturated carbocycles. The summed E-state index contributed by atoms with van der Waals surface area (Å²) in [7, 11) is -3.89. The third kappa shape index (κ3) is 5.32. The second-order valence-corrected chi connectivity index (χ2v) is 8.20. The van der Waals surface area contributed by atoms with Crippen LogP contribution in [-0.4, -0.2) is 31.7 Å². The molecule has 0 saturated heterocycles. The van der Waals surface area contributed by atoms with Gasteiger partial charge < -0.3 is 5.32 Å². The highest BCUT2D eigenvalue weighted by atomic mass is 35.5. The van der Waals surface area contributed by atoms with Crippen molar-refractivity contribution in [3.05, 3.63) is 76.8 Å². The summed E-state index contributed by atoms with van der Waals surface area (Å²) in [5.41, 5.74) is 0.548. The lowest BCUT2D eigenvalue weighted by Gasteiger charge is -2.22. The summed E-state index contributed by atoms with van der Waals surface area (Å²) >= 11 is 12.1. The van der Waals surface area contributed by atoms with Crippen LogP contribution >= 0.6 is 23.2 Å². The first kappa shape index (κ1) is 20.5. The van der Waals surface area contributed by atoms with Crippen molar-refractivity contribution in [2.75, 3.05) is 13.1 Å². The van der Waals surface area contributed by atoms with Gasteiger partial charge in [-0.3, -0.25) is 4.79 Å². The molecule has 2 aromatic rings. The first-order chi connectivity index (χ1) is 12.3. The Kier molecular flexibility index (Phi) is 7.23. The zero-order chi connectivity index (χ0) is 19.2. The van der Waals surface area contributed by atoms with Gasteiger partial charge in [0.2, 0.25) is 15.9 Å². The highest BCUT2D eigenvalue weighted by Crippen LogP contribution is 2.25. The van der Waals surface area contributed by atoms with Crippen LogP contribution in [0, 0.1) is 0 Å². The van der Waals surface area contributed by atoms with E-state index < -0.39 is 15.9 Å². The molecule has 1 amide bonds. The van der Waals surface area contributed by atoms with Crippen molar-refractivity contribution in [2.45, 2.75) is 11.4 Å². The molecule has 0 atom stereocenters. The van der Waals surface area contributed by atoms with E-state index in [1.165, 1.54) is 24.3 Å². The second kappa shape index (κ2) is 9.19. The minimum absolute atomic E-state index is 0.0608. The zero-order valence-corrected chi connectivity index (χ0v) is 16.2. The first-order valence-corrected chi connectivity index (χ1v) is 9.91. The number of sulfonamides is 1. The zero-order valence-electron chi connectivity index (χ0n) is 13.9. The van der Waals surface area contributed by atoms with E-state index in [0.29, 0.717) is 15.6 Å². The van der Waals surface area contributed by atoms with E-state index in [1.807, 2.05) is 0 Å². The maximum Gasteiger partial charge on any atom is 0.243 e. The molecule has 0 radical (unpaired) electrons. The van der Waals surface area contributed by atoms with E-state index in [9.17, 15) is 13.2 Å². The number of benzene rings is 2. The predicted molar refractivity (Wildman–Crippen MR) is 104 cm³/mol. The molecule has 1 N–H and O–H groups in total. The molecule has 8 heteroatoms. The van der Waals surface area contributed by atoms with Gasteiger partial charge in [-0.15, -0.1) is 6.58 Å². The molecule has 0 unspecified atom stereocenters. The maximum atomic E-state index is 13.0. The van der Waals surface area contributed by atoms with Crippen LogP contribution in [0.3, 0.4) is 0 Å². The quantitative estimate of drug-likeness (QED) is 0.674. The molecule has 0 bridgehead atoms. The minimum Gasteiger partial charge on any atom is -0.351 e. The van der Waals surface area contributed by atoms with Crippen molar-refractivity contribution < 1.29 is 13.2 Å². The number of carbonyl (C=O) groups is 1. The normalized spacial score (nSPS) is 11.3. The molecule has 0 aliphatic heterocycles. The van der Waals surface area contributed by atoms with Gasteiger partial charge in [-0.25, -0.2) is 8.42 Å². The van der Waals surface area contributed by atoms with Crippen LogP contribution < -0.4 is 5.32 Å². The van der Waals surface area contributed by atoms with E-state index in [4.69, 9.17) is 23.2 Å². The molecule has 0 spiro atoms. The van der Waals surface area contributed by atoms with Crippen LogP contribution in [-0.2, 0) is 21.4 Å². The molecule has 0 aromatic heterocycles. The summed E-state index contributed by atoms with van der Waals surface area (Å²) in [4.78, 5) is 12.2. The average molecular weight is 413 g/mol. The molecule has 2 rings (SSSR count). The SMILES string of the molecule is C=CCNC(=O)CN(Cc1ccc(Cl)cc1Cl)S(=O)(=O)c1ccccc1. The topological polar surface area (TPSA) is 66.5 Å². The molecule has 0 aliphatic carbocycles. The van der Waals surface area contributed by atoms with Crippen LogP contribution in [0.1, 0.15) is 5.56 Å². The van der Waals surface area contributed by atoms with Crippen LogP contribution in [0.15, 0.2) is 66.1 Å². The van der Waals surface area contributed by atoms with E-state index in [0.717, 1.165) is 4.31 Å². The van der Waals surface area contributed by atoms with Gasteiger partial charge in [-0.1, -0.05) is 53.5 Å². The number of amides is 1. The lowest BCUT2D eigenvalue weighted by molar-refractivity contribution is -0.121. The van der Waals surface area contributed by atoms with Gasteiger partial charge in [-0.05, 0) is 29.8 Å². The molecular formula is C18H18Cl2N2O3S. The summed E-state index contributed by atoms with van der Waals surface area (Å²) in [6.45, 7) is 3.36. The van der Waals surface area contributed by atoms with Gasteiger partial charge in [-0.2, -0.15) is 4.31 Å². The maximum absolute atomic E-state index is 13.0. The number of hydrogen-bond acceptors (Lipinski definition) is 3. The van der Waals surface area contributed by atoms with Crippen LogP contribution in [0.5, 0.6) is 0 Å². The first-order valence-electron chi connectivity index (χ1n) is 7.71. The number of nitrogens with one attached hydrogen (secondary N) is 1. The Morgan fingerprint density at radius 3 is 2.46 bits per heavy atom. The van der Waals surface area contributed by atoms with Crippen LogP contribution in [0.2, 0.25) is 10.0 Å². The molecule has 2 aromatic carbocycles. The molecular weight excluding hydrogens is 395 g/mol. The number of halogens is 2. The van der Waals surface area contributed by atoms with E-state index in [1.54, 1.807) is 30.3 Å². The minimum atomic E-state index is -3.89. The van der Waals surface area contributed by atoms with Crippen molar-refractivity contribution >= 4 is 39.1 Å². The molecule has 138 valence electrons. The Hall–Kier alpha value is -1.86. The largest absolute Gasteiger partial charge is 0.351 e. The number of hydrogen-bond donors (Lipinski definition) is 1. The van der Waals surface area contributed by atoms with Crippen LogP contribution in [0.4, 0.5) is 0 Å². The Morgan fingerprint density at radius 2 is 1.85 bits per heavy atom. The molecule has 5 nitrogen and oxygen atoms in total. The Balaban J connectivity index is 2.35. The highest BCUT2D eigenvalue weighted by molar-refractivity contribution is 7.89. The fraction of sp³-hybridized carbons (Fsp3) is 0.167. The predicted octanol–water partition coefficient (Wildman–Crippen LogP) is 3.49. The third-order valence-corrected chi connectivity index (χ3v) is 5.90. The van der Waals surface area contributed by atoms with E-state index in [-0.39, 0.29) is 24.5 Å². The van der Waals surface area contributed by atoms with Crippen LogP contribution in [0.25, 0.3) is 0 Å². The van der Waals surface area contributed by atoms with Gasteiger partial charge in [0.1, 0.15) is 0 Å². The van der Waals surface area contributed by atoms with E-state index >= 15 is 0 Å². The lowest BCUT2D eigenvalue weighted by Crippen LogP contribution is -2.40. The van der Waals surface area contributed by atoms with Crippen molar-refractivity contribution in [3.8, 4) is 0 Å². The summed E-state index contributed by atoms with van der Waals surface area (Å²) in [6.07, 6.45) is 1.52. The standard InChI is InChI=1S/C18H18Cl2N2O3S/c1-2-10-21-18(23)13-22(12-14-8-9-15(19)11-17(14)20)26(24,25)16-6-4-3-5-7-16/h2-9,11H,1,10,12-13H2,(H,21,23). The van der Waals surface area contributed by atoms with Crippen molar-refractivity contribution in [3.63, 3.8) is 0 Å². The number of carbonyl (C=O) groups excluding carboxylic acids is 1. The monoisotopic (exact) mass is 412 g/mol. The van der Waals surface area contributed by atoms with Gasteiger partial charge in [0, 0.05) is 23.1 Å². The van der Waals surface area contributed by atoms with Gasteiger partial charge in [0.05, 0.1) is 11.4 Å². The van der Waals surface area contributed by atoms with Crippen molar-refractivity contribution in [2.24, 2.45) is 0 Å². The number of rotatable bonds is 8. The summed E-state index contributed by atoms with van der Waals surface area (Å²) < 4.78 is 27.0. The van der Waals surface area contributed by atoms with Gasteiger partial charge in [0.15, 0.2) is 0 Å². The molecule has 0 fully saturated rings. The fourth-order valence-corrected chi connectivity index (χ4v) is 4.07. The Bertz CT molecular complexity index is 887. The third-order valence-electron chi connectivity index (χ3n) is 3.51. The molecule has 0 heterocycles. The summed E-state index contributed by atoms with van der Waals surface area (Å²) in [5, 5.41) is 3.35. The van der Waals surface area contributed by atoms with Gasteiger partial charge in [0.25, 0.3) is 0 Å². The Morgan fingerprint density at radius 1 is 1.15 bits per heavy atom. The Labute approximate surface area is 163 Å². The molecule has 26 heavy (non-hydrogen) atoms. The average Bonchev–Trinajstić information content (AvgIpc) is 2.62. The fourth-order valence-electron chi connectivity index (χ4n) is 2.21. The number of nitrogens with zero attached hydrogens (tertiary/aromatic N) is 1. The van der Waals surface area contributed by atoms with Gasteiger partial charge >= 0.3 is 0 Å². The van der Waals surface area contributed by atoms with Crippen molar-refractivity contribution in [1.29, 1.82) is 0 Å². The lowest BCUT2D eigenvalue weighted by atomic mass is 10.2. The summed E-state index contributed by atoms with van der Waals surface area (Å²) in [5.74, 6) is -0.436. The highest BCUT2D eigenvalue weighted by Gasteiger charge is 2.27. The van der Waals surface area contributed by atoms with Crippen molar-refractivity contribution in [1.82, 2.24) is 9.62 Å². The summed E-state index contributed by atoms with van der Waals surface area (Å²) in [6, 6.07) is 12.7. The molecule has 0 aliphatic rings. The van der Waals surface area contributed by atoms with E-state index in [2.05, 4.69) is 11.9 Å². The second-order valence-electron chi connectivity index (χ2n) is 5.41. The smallest absolute Gasteiger partial charge is 0.243 e.